The zero-order valence-corrected chi connectivity index (χ0v) is 18.2. The van der Waals surface area contributed by atoms with Crippen LogP contribution >= 0.6 is 11.3 Å². The predicted octanol–water partition coefficient (Wildman–Crippen LogP) is 7.04. The van der Waals surface area contributed by atoms with Gasteiger partial charge in [-0.3, -0.25) is 0 Å². The van der Waals surface area contributed by atoms with Gasteiger partial charge in [0, 0.05) is 13.1 Å². The third-order valence-corrected chi connectivity index (χ3v) is 7.09. The first kappa shape index (κ1) is 21.9. The molecule has 1 aromatic heterocycles. The number of aryl methyl sites for hydroxylation is 1. The third-order valence-electron chi connectivity index (χ3n) is 6.20. The van der Waals surface area contributed by atoms with E-state index in [1.54, 1.807) is 12.1 Å². The molecule has 0 saturated carbocycles. The second-order valence-electron chi connectivity index (χ2n) is 8.35. The molecule has 2 aromatic carbocycles. The molecule has 2 heterocycles. The lowest BCUT2D eigenvalue weighted by Gasteiger charge is -2.34. The molecule has 166 valence electrons. The van der Waals surface area contributed by atoms with Crippen molar-refractivity contribution in [2.45, 2.75) is 51.1 Å². The Balaban J connectivity index is 1.17. The van der Waals surface area contributed by atoms with Gasteiger partial charge < -0.3 is 10.0 Å². The quantitative estimate of drug-likeness (QED) is 0.394. The van der Waals surface area contributed by atoms with Crippen LogP contribution in [0.25, 0.3) is 10.2 Å². The average molecular weight is 449 g/mol. The van der Waals surface area contributed by atoms with Gasteiger partial charge in [-0.05, 0) is 61.4 Å². The summed E-state index contributed by atoms with van der Waals surface area (Å²) in [5, 5.41) is 9.84. The molecular formula is C24H27F3N2OS. The van der Waals surface area contributed by atoms with Crippen molar-refractivity contribution in [3.05, 3.63) is 53.6 Å². The Labute approximate surface area is 184 Å². The molecule has 1 N–H and O–H groups in total. The average Bonchev–Trinajstić information content (AvgIpc) is 3.14. The van der Waals surface area contributed by atoms with Crippen LogP contribution in [0, 0.1) is 5.92 Å². The molecular weight excluding hydrogens is 421 g/mol. The first-order valence-electron chi connectivity index (χ1n) is 10.9. The van der Waals surface area contributed by atoms with Crippen LogP contribution < -0.4 is 4.90 Å². The summed E-state index contributed by atoms with van der Waals surface area (Å²) in [6.45, 7) is 2.04. The number of alkyl halides is 3. The molecule has 0 radical (unpaired) electrons. The van der Waals surface area contributed by atoms with E-state index in [-0.39, 0.29) is 5.19 Å². The maximum absolute atomic E-state index is 12.6. The number of benzene rings is 2. The molecule has 1 saturated heterocycles. The van der Waals surface area contributed by atoms with Gasteiger partial charge in [0.15, 0.2) is 0 Å². The minimum Gasteiger partial charge on any atom is -0.486 e. The van der Waals surface area contributed by atoms with E-state index in [1.807, 2.05) is 12.1 Å². The fourth-order valence-corrected chi connectivity index (χ4v) is 5.28. The summed E-state index contributed by atoms with van der Waals surface area (Å²) in [5.74, 6) is 0.733. The van der Waals surface area contributed by atoms with Crippen molar-refractivity contribution < 1.29 is 18.3 Å². The van der Waals surface area contributed by atoms with Crippen LogP contribution in [0.5, 0.6) is 5.19 Å². The lowest BCUT2D eigenvalue weighted by molar-refractivity contribution is -0.137. The monoisotopic (exact) mass is 448 g/mol. The smallest absolute Gasteiger partial charge is 0.416 e. The Morgan fingerprint density at radius 3 is 2.45 bits per heavy atom. The molecule has 0 amide bonds. The normalized spacial score (nSPS) is 15.6. The molecule has 0 aliphatic carbocycles. The first-order valence-corrected chi connectivity index (χ1v) is 11.7. The zero-order valence-electron chi connectivity index (χ0n) is 17.4. The van der Waals surface area contributed by atoms with Crippen molar-refractivity contribution in [2.75, 3.05) is 18.0 Å². The summed E-state index contributed by atoms with van der Waals surface area (Å²) in [5.41, 5.74) is 2.43. The summed E-state index contributed by atoms with van der Waals surface area (Å²) in [6.07, 6.45) is 3.42. The predicted molar refractivity (Wildman–Crippen MR) is 120 cm³/mol. The van der Waals surface area contributed by atoms with Gasteiger partial charge in [0.2, 0.25) is 0 Å². The van der Waals surface area contributed by atoms with Crippen LogP contribution in [0.3, 0.4) is 0 Å². The molecule has 0 spiro atoms. The van der Waals surface area contributed by atoms with Gasteiger partial charge in [-0.15, -0.1) is 0 Å². The summed E-state index contributed by atoms with van der Waals surface area (Å²) in [4.78, 5) is 6.58. The van der Waals surface area contributed by atoms with Crippen molar-refractivity contribution in [1.82, 2.24) is 4.98 Å². The number of anilines is 1. The van der Waals surface area contributed by atoms with Crippen molar-refractivity contribution in [2.24, 2.45) is 5.92 Å². The molecule has 7 heteroatoms. The minimum atomic E-state index is -4.26. The summed E-state index contributed by atoms with van der Waals surface area (Å²) in [6, 6.07) is 11.6. The van der Waals surface area contributed by atoms with Gasteiger partial charge in [0.1, 0.15) is 0 Å². The van der Waals surface area contributed by atoms with Crippen LogP contribution in [-0.2, 0) is 12.6 Å². The lowest BCUT2D eigenvalue weighted by Crippen LogP contribution is -2.33. The van der Waals surface area contributed by atoms with Crippen LogP contribution in [0.15, 0.2) is 42.5 Å². The number of thiazole rings is 1. The van der Waals surface area contributed by atoms with Gasteiger partial charge in [0.25, 0.3) is 5.19 Å². The standard InChI is InChI=1S/C24H27F3N2OS/c25-24(26,27)19-11-9-17(10-12-19)5-2-1-3-6-18-13-15-29(16-14-18)21-8-4-7-20-22(21)31-23(30)28-20/h4,7-12,18H,1-3,5-6,13-16H2,(H,28,30). The number of nitrogens with zero attached hydrogens (tertiary/aromatic N) is 2. The molecule has 3 nitrogen and oxygen atoms in total. The molecule has 31 heavy (non-hydrogen) atoms. The maximum Gasteiger partial charge on any atom is 0.416 e. The van der Waals surface area contributed by atoms with E-state index < -0.39 is 11.7 Å². The molecule has 0 unspecified atom stereocenters. The van der Waals surface area contributed by atoms with Gasteiger partial charge in [-0.25, -0.2) is 4.98 Å². The topological polar surface area (TPSA) is 36.4 Å². The van der Waals surface area contributed by atoms with Gasteiger partial charge in [0.05, 0.1) is 21.5 Å². The Bertz CT molecular complexity index is 992. The number of halogens is 3. The van der Waals surface area contributed by atoms with E-state index in [2.05, 4.69) is 16.0 Å². The van der Waals surface area contributed by atoms with Gasteiger partial charge in [-0.1, -0.05) is 48.8 Å². The highest BCUT2D eigenvalue weighted by Crippen LogP contribution is 2.37. The highest BCUT2D eigenvalue weighted by Gasteiger charge is 2.29. The number of aromatic hydroxyl groups is 1. The van der Waals surface area contributed by atoms with Gasteiger partial charge >= 0.3 is 6.18 Å². The van der Waals surface area contributed by atoms with Crippen LogP contribution in [0.2, 0.25) is 0 Å². The zero-order chi connectivity index (χ0) is 21.8. The molecule has 4 rings (SSSR count). The number of piperidine rings is 1. The summed E-state index contributed by atoms with van der Waals surface area (Å²) < 4.78 is 38.9. The number of aromatic nitrogens is 1. The molecule has 1 aliphatic heterocycles. The fourth-order valence-electron chi connectivity index (χ4n) is 4.43. The SMILES string of the molecule is Oc1nc2cccc(N3CCC(CCCCCc4ccc(C(F)(F)F)cc4)CC3)c2s1. The number of hydrogen-bond acceptors (Lipinski definition) is 4. The van der Waals surface area contributed by atoms with E-state index in [9.17, 15) is 18.3 Å². The maximum atomic E-state index is 12.6. The van der Waals surface area contributed by atoms with Gasteiger partial charge in [-0.2, -0.15) is 13.2 Å². The fraction of sp³-hybridized carbons (Fsp3) is 0.458. The summed E-state index contributed by atoms with van der Waals surface area (Å²) in [7, 11) is 0. The van der Waals surface area contributed by atoms with Crippen molar-refractivity contribution in [3.8, 4) is 5.19 Å². The molecule has 0 bridgehead atoms. The Kier molecular flexibility index (Phi) is 6.70. The Morgan fingerprint density at radius 2 is 1.74 bits per heavy atom. The number of rotatable bonds is 7. The van der Waals surface area contributed by atoms with Crippen LogP contribution in [0.4, 0.5) is 18.9 Å². The van der Waals surface area contributed by atoms with E-state index in [0.717, 1.165) is 54.0 Å². The second-order valence-corrected chi connectivity index (χ2v) is 9.32. The number of fused-ring (bicyclic) bond motifs is 1. The Morgan fingerprint density at radius 1 is 1.00 bits per heavy atom. The van der Waals surface area contributed by atoms with Crippen LogP contribution in [0.1, 0.15) is 49.7 Å². The number of unbranched alkanes of at least 4 members (excludes halogenated alkanes) is 2. The first-order chi connectivity index (χ1) is 14.9. The van der Waals surface area contributed by atoms with E-state index in [1.165, 1.54) is 54.8 Å². The minimum absolute atomic E-state index is 0.119. The van der Waals surface area contributed by atoms with E-state index in [4.69, 9.17) is 0 Å². The third kappa shape index (κ3) is 5.50. The van der Waals surface area contributed by atoms with Crippen molar-refractivity contribution >= 4 is 27.2 Å². The van der Waals surface area contributed by atoms with Crippen molar-refractivity contribution in [3.63, 3.8) is 0 Å². The molecule has 1 fully saturated rings. The van der Waals surface area contributed by atoms with Crippen LogP contribution in [-0.4, -0.2) is 23.2 Å². The molecule has 1 aliphatic rings. The van der Waals surface area contributed by atoms with Crippen molar-refractivity contribution in [1.29, 1.82) is 0 Å². The lowest BCUT2D eigenvalue weighted by atomic mass is 9.90. The largest absolute Gasteiger partial charge is 0.486 e. The second kappa shape index (κ2) is 9.47. The Hall–Kier alpha value is -2.28. The summed E-state index contributed by atoms with van der Waals surface area (Å²) >= 11 is 1.34. The molecule has 0 atom stereocenters. The highest BCUT2D eigenvalue weighted by atomic mass is 32.1. The van der Waals surface area contributed by atoms with E-state index in [0.29, 0.717) is 0 Å². The van der Waals surface area contributed by atoms with E-state index >= 15 is 0 Å². The molecule has 3 aromatic rings. The highest BCUT2D eigenvalue weighted by molar-refractivity contribution is 7.20. The number of hydrogen-bond donors (Lipinski definition) is 1.